The van der Waals surface area contributed by atoms with E-state index in [0.29, 0.717) is 0 Å². The number of nitrogens with one attached hydrogen (secondary N) is 1. The average Bonchev–Trinajstić information content (AvgIpc) is 2.43. The molecule has 0 spiro atoms. The zero-order valence-corrected chi connectivity index (χ0v) is 11.8. The van der Waals surface area contributed by atoms with Gasteiger partial charge >= 0.3 is 5.97 Å². The standard InChI is InChI=1S/C13H18N2O3.ClH/c1-9(13(17)18-2)12(15-11(16)8-14)10-6-4-3-5-7-10;/h3-7,9,12H,8,14H2,1-2H3,(H,15,16);1H. The minimum atomic E-state index is -0.479. The molecule has 0 saturated heterocycles. The van der Waals surface area contributed by atoms with Gasteiger partial charge in [-0.25, -0.2) is 0 Å². The number of rotatable bonds is 5. The van der Waals surface area contributed by atoms with Crippen molar-refractivity contribution in [3.63, 3.8) is 0 Å². The molecule has 2 unspecified atom stereocenters. The van der Waals surface area contributed by atoms with Gasteiger partial charge in [-0.3, -0.25) is 9.59 Å². The van der Waals surface area contributed by atoms with Gasteiger partial charge in [-0.2, -0.15) is 0 Å². The molecule has 0 aliphatic rings. The normalized spacial score (nSPS) is 12.8. The number of methoxy groups -OCH3 is 1. The number of ether oxygens (including phenoxy) is 1. The van der Waals surface area contributed by atoms with Gasteiger partial charge < -0.3 is 15.8 Å². The van der Waals surface area contributed by atoms with E-state index in [-0.39, 0.29) is 30.8 Å². The van der Waals surface area contributed by atoms with Crippen LogP contribution in [-0.2, 0) is 14.3 Å². The minimum Gasteiger partial charge on any atom is -0.469 e. The SMILES string of the molecule is COC(=O)C(C)C(NC(=O)CN)c1ccccc1.Cl. The number of halogens is 1. The Morgan fingerprint density at radius 2 is 1.89 bits per heavy atom. The van der Waals surface area contributed by atoms with Crippen molar-refractivity contribution < 1.29 is 14.3 Å². The predicted octanol–water partition coefficient (Wildman–Crippen LogP) is 1.03. The monoisotopic (exact) mass is 286 g/mol. The van der Waals surface area contributed by atoms with E-state index in [0.717, 1.165) is 5.56 Å². The van der Waals surface area contributed by atoms with Crippen LogP contribution in [0.3, 0.4) is 0 Å². The Hall–Kier alpha value is -1.59. The van der Waals surface area contributed by atoms with E-state index in [1.165, 1.54) is 7.11 Å². The minimum absolute atomic E-state index is 0. The number of amides is 1. The summed E-state index contributed by atoms with van der Waals surface area (Å²) >= 11 is 0. The van der Waals surface area contributed by atoms with Crippen molar-refractivity contribution in [1.82, 2.24) is 5.32 Å². The van der Waals surface area contributed by atoms with Crippen LogP contribution in [0.4, 0.5) is 0 Å². The third-order valence-electron chi connectivity index (χ3n) is 2.73. The molecule has 0 aliphatic heterocycles. The molecule has 1 aromatic rings. The van der Waals surface area contributed by atoms with Crippen LogP contribution in [0.1, 0.15) is 18.5 Å². The molecule has 3 N–H and O–H groups in total. The summed E-state index contributed by atoms with van der Waals surface area (Å²) < 4.78 is 4.71. The molecule has 0 radical (unpaired) electrons. The smallest absolute Gasteiger partial charge is 0.310 e. The number of carbonyl (C=O) groups excluding carboxylic acids is 2. The molecule has 2 atom stereocenters. The fourth-order valence-corrected chi connectivity index (χ4v) is 1.71. The van der Waals surface area contributed by atoms with Crippen LogP contribution in [-0.4, -0.2) is 25.5 Å². The largest absolute Gasteiger partial charge is 0.469 e. The molecule has 0 bridgehead atoms. The van der Waals surface area contributed by atoms with Gasteiger partial charge in [0.15, 0.2) is 0 Å². The molecule has 0 heterocycles. The second-order valence-corrected chi connectivity index (χ2v) is 3.97. The van der Waals surface area contributed by atoms with E-state index < -0.39 is 12.0 Å². The van der Waals surface area contributed by atoms with E-state index >= 15 is 0 Å². The van der Waals surface area contributed by atoms with Crippen LogP contribution in [0, 0.1) is 5.92 Å². The summed E-state index contributed by atoms with van der Waals surface area (Å²) in [7, 11) is 1.33. The van der Waals surface area contributed by atoms with Crippen molar-refractivity contribution in [2.24, 2.45) is 11.7 Å². The van der Waals surface area contributed by atoms with E-state index in [2.05, 4.69) is 5.32 Å². The summed E-state index contributed by atoms with van der Waals surface area (Å²) in [6, 6.07) is 8.83. The number of carbonyl (C=O) groups is 2. The Morgan fingerprint density at radius 3 is 2.37 bits per heavy atom. The van der Waals surface area contributed by atoms with Gasteiger partial charge in [-0.15, -0.1) is 12.4 Å². The number of hydrogen-bond acceptors (Lipinski definition) is 4. The van der Waals surface area contributed by atoms with E-state index in [1.54, 1.807) is 6.92 Å². The summed E-state index contributed by atoms with van der Waals surface area (Å²) in [5.41, 5.74) is 6.12. The van der Waals surface area contributed by atoms with Gasteiger partial charge in [-0.05, 0) is 12.5 Å². The van der Waals surface area contributed by atoms with Crippen molar-refractivity contribution in [3.8, 4) is 0 Å². The number of hydrogen-bond donors (Lipinski definition) is 2. The molecule has 1 rings (SSSR count). The maximum absolute atomic E-state index is 11.6. The van der Waals surface area contributed by atoms with Crippen LogP contribution in [0.25, 0.3) is 0 Å². The first-order valence-corrected chi connectivity index (χ1v) is 5.72. The summed E-state index contributed by atoms with van der Waals surface area (Å²) in [4.78, 5) is 23.0. The summed E-state index contributed by atoms with van der Waals surface area (Å²) in [5.74, 6) is -1.16. The predicted molar refractivity (Wildman–Crippen MR) is 74.8 cm³/mol. The molecule has 1 amide bonds. The maximum atomic E-state index is 11.6. The van der Waals surface area contributed by atoms with Crippen molar-refractivity contribution in [1.29, 1.82) is 0 Å². The molecular formula is C13H19ClN2O3. The molecule has 6 heteroatoms. The fourth-order valence-electron chi connectivity index (χ4n) is 1.71. The average molecular weight is 287 g/mol. The van der Waals surface area contributed by atoms with Crippen LogP contribution >= 0.6 is 12.4 Å². The van der Waals surface area contributed by atoms with Crippen LogP contribution < -0.4 is 11.1 Å². The Kier molecular flexibility index (Phi) is 7.79. The van der Waals surface area contributed by atoms with Crippen molar-refractivity contribution in [3.05, 3.63) is 35.9 Å². The van der Waals surface area contributed by atoms with Gasteiger partial charge in [0.2, 0.25) is 5.91 Å². The highest BCUT2D eigenvalue weighted by Crippen LogP contribution is 2.22. The van der Waals surface area contributed by atoms with Gasteiger partial charge in [-0.1, -0.05) is 30.3 Å². The molecule has 0 aromatic heterocycles. The summed E-state index contributed by atoms with van der Waals surface area (Å²) in [6.07, 6.45) is 0. The lowest BCUT2D eigenvalue weighted by atomic mass is 9.94. The van der Waals surface area contributed by atoms with Crippen LogP contribution in [0.2, 0.25) is 0 Å². The van der Waals surface area contributed by atoms with Gasteiger partial charge in [0, 0.05) is 0 Å². The second-order valence-electron chi connectivity index (χ2n) is 3.97. The Morgan fingerprint density at radius 1 is 1.32 bits per heavy atom. The molecule has 106 valence electrons. The summed E-state index contributed by atoms with van der Waals surface area (Å²) in [5, 5.41) is 2.73. The maximum Gasteiger partial charge on any atom is 0.310 e. The highest BCUT2D eigenvalue weighted by Gasteiger charge is 2.27. The van der Waals surface area contributed by atoms with Crippen LogP contribution in [0.5, 0.6) is 0 Å². The molecular weight excluding hydrogens is 268 g/mol. The van der Waals surface area contributed by atoms with Gasteiger partial charge in [0.05, 0.1) is 25.6 Å². The number of esters is 1. The second kappa shape index (κ2) is 8.50. The number of nitrogens with two attached hydrogens (primary N) is 1. The molecule has 0 saturated carbocycles. The molecule has 0 fully saturated rings. The van der Waals surface area contributed by atoms with Gasteiger partial charge in [0.25, 0.3) is 0 Å². The quantitative estimate of drug-likeness (QED) is 0.792. The lowest BCUT2D eigenvalue weighted by Gasteiger charge is -2.23. The Labute approximate surface area is 118 Å². The lowest BCUT2D eigenvalue weighted by molar-refractivity contribution is -0.146. The molecule has 1 aromatic carbocycles. The van der Waals surface area contributed by atoms with Crippen molar-refractivity contribution in [2.45, 2.75) is 13.0 Å². The molecule has 0 aliphatic carbocycles. The Bertz CT molecular complexity index is 412. The zero-order chi connectivity index (χ0) is 13.5. The topological polar surface area (TPSA) is 81.4 Å². The summed E-state index contributed by atoms with van der Waals surface area (Å²) in [6.45, 7) is 1.59. The highest BCUT2D eigenvalue weighted by molar-refractivity contribution is 5.85. The third kappa shape index (κ3) is 4.89. The first kappa shape index (κ1) is 17.4. The fraction of sp³-hybridized carbons (Fsp3) is 0.385. The first-order chi connectivity index (χ1) is 8.60. The van der Waals surface area contributed by atoms with E-state index in [4.69, 9.17) is 10.5 Å². The first-order valence-electron chi connectivity index (χ1n) is 5.72. The Balaban J connectivity index is 0.00000324. The molecule has 5 nitrogen and oxygen atoms in total. The zero-order valence-electron chi connectivity index (χ0n) is 11.0. The van der Waals surface area contributed by atoms with Crippen LogP contribution in [0.15, 0.2) is 30.3 Å². The molecule has 19 heavy (non-hydrogen) atoms. The third-order valence-corrected chi connectivity index (χ3v) is 2.73. The lowest BCUT2D eigenvalue weighted by Crippen LogP contribution is -2.39. The highest BCUT2D eigenvalue weighted by atomic mass is 35.5. The van der Waals surface area contributed by atoms with E-state index in [1.807, 2.05) is 30.3 Å². The van der Waals surface area contributed by atoms with Crippen molar-refractivity contribution >= 4 is 24.3 Å². The number of benzene rings is 1. The van der Waals surface area contributed by atoms with E-state index in [9.17, 15) is 9.59 Å². The van der Waals surface area contributed by atoms with Crippen molar-refractivity contribution in [2.75, 3.05) is 13.7 Å². The van der Waals surface area contributed by atoms with Gasteiger partial charge in [0.1, 0.15) is 0 Å².